The number of hydrazone groups is 1. The Morgan fingerprint density at radius 2 is 1.82 bits per heavy atom. The average molecular weight is 447 g/mol. The molecule has 170 valence electrons. The fraction of sp³-hybridized carbons (Fsp3) is 0.333. The van der Waals surface area contributed by atoms with Gasteiger partial charge in [-0.1, -0.05) is 49.3 Å². The number of hydrogen-bond acceptors (Lipinski definition) is 7. The summed E-state index contributed by atoms with van der Waals surface area (Å²) in [7, 11) is 0. The van der Waals surface area contributed by atoms with Crippen LogP contribution in [0.3, 0.4) is 0 Å². The first-order chi connectivity index (χ1) is 16.0. The lowest BCUT2D eigenvalue weighted by molar-refractivity contribution is -0.133. The van der Waals surface area contributed by atoms with E-state index in [0.29, 0.717) is 24.7 Å². The molecule has 1 aliphatic heterocycles. The molecule has 1 aliphatic rings. The molecule has 0 fully saturated rings. The summed E-state index contributed by atoms with van der Waals surface area (Å²) in [6.45, 7) is 4.44. The fourth-order valence-electron chi connectivity index (χ4n) is 3.56. The fourth-order valence-corrected chi connectivity index (χ4v) is 3.56. The van der Waals surface area contributed by atoms with E-state index in [1.54, 1.807) is 24.5 Å². The van der Waals surface area contributed by atoms with Gasteiger partial charge in [0.25, 0.3) is 0 Å². The molecule has 2 amide bonds. The number of nitrogens with one attached hydrogen (secondary N) is 1. The van der Waals surface area contributed by atoms with E-state index < -0.39 is 6.04 Å². The second-order valence-corrected chi connectivity index (χ2v) is 8.16. The summed E-state index contributed by atoms with van der Waals surface area (Å²) in [6.07, 6.45) is 4.14. The lowest BCUT2D eigenvalue weighted by Gasteiger charge is -2.18. The summed E-state index contributed by atoms with van der Waals surface area (Å²) >= 11 is 0. The minimum atomic E-state index is -0.454. The first kappa shape index (κ1) is 22.3. The van der Waals surface area contributed by atoms with Crippen molar-refractivity contribution >= 4 is 17.5 Å². The number of nitrogens with zero attached hydrogens (tertiary/aromatic N) is 5. The molecule has 0 saturated heterocycles. The van der Waals surface area contributed by atoms with Crippen LogP contribution in [0.25, 0.3) is 11.4 Å². The quantitative estimate of drug-likeness (QED) is 0.568. The Morgan fingerprint density at radius 3 is 2.55 bits per heavy atom. The van der Waals surface area contributed by atoms with E-state index in [0.717, 1.165) is 16.8 Å². The topological polar surface area (TPSA) is 114 Å². The van der Waals surface area contributed by atoms with Crippen LogP contribution >= 0.6 is 0 Å². The average Bonchev–Trinajstić information content (AvgIpc) is 3.52. The number of rotatable bonds is 8. The molecular weight excluding hydrogens is 420 g/mol. The third-order valence-electron chi connectivity index (χ3n) is 5.39. The predicted octanol–water partition coefficient (Wildman–Crippen LogP) is 3.36. The van der Waals surface area contributed by atoms with Gasteiger partial charge in [-0.05, 0) is 23.6 Å². The number of carbonyl (C=O) groups excluding carboxylic acids is 2. The van der Waals surface area contributed by atoms with Crippen LogP contribution in [0, 0.1) is 5.92 Å². The third-order valence-corrected chi connectivity index (χ3v) is 5.39. The highest BCUT2D eigenvalue weighted by Gasteiger charge is 2.26. The summed E-state index contributed by atoms with van der Waals surface area (Å²) in [5, 5.41) is 12.8. The number of hydrogen-bond donors (Lipinski definition) is 1. The minimum Gasteiger partial charge on any atom is -0.344 e. The Kier molecular flexibility index (Phi) is 6.87. The van der Waals surface area contributed by atoms with Crippen molar-refractivity contribution in [3.63, 3.8) is 0 Å². The summed E-state index contributed by atoms with van der Waals surface area (Å²) in [5.74, 6) is 0.357. The molecule has 33 heavy (non-hydrogen) atoms. The Morgan fingerprint density at radius 1 is 1.06 bits per heavy atom. The molecule has 1 aromatic carbocycles. The SMILES string of the molecule is CC(C)C(NC(=O)CCC(=O)N1CCC(c2ccccc2)=N1)c1nc(-c2ccncc2)no1. The van der Waals surface area contributed by atoms with Gasteiger partial charge in [0.1, 0.15) is 6.04 Å². The monoisotopic (exact) mass is 446 g/mol. The Labute approximate surface area is 191 Å². The van der Waals surface area contributed by atoms with Crippen molar-refractivity contribution in [2.24, 2.45) is 11.0 Å². The van der Waals surface area contributed by atoms with Crippen LogP contribution in [0.1, 0.15) is 50.6 Å². The molecule has 0 spiro atoms. The number of pyridine rings is 1. The number of amides is 2. The molecule has 1 atom stereocenters. The molecule has 3 aromatic rings. The smallest absolute Gasteiger partial charge is 0.249 e. The zero-order valence-corrected chi connectivity index (χ0v) is 18.6. The van der Waals surface area contributed by atoms with Crippen molar-refractivity contribution in [2.45, 2.75) is 39.2 Å². The van der Waals surface area contributed by atoms with E-state index in [1.165, 1.54) is 5.01 Å². The van der Waals surface area contributed by atoms with Gasteiger partial charge in [0.05, 0.1) is 12.3 Å². The van der Waals surface area contributed by atoms with Crippen molar-refractivity contribution < 1.29 is 14.1 Å². The van der Waals surface area contributed by atoms with Crippen LogP contribution in [-0.2, 0) is 9.59 Å². The lowest BCUT2D eigenvalue weighted by Crippen LogP contribution is -2.33. The van der Waals surface area contributed by atoms with E-state index in [4.69, 9.17) is 4.52 Å². The summed E-state index contributed by atoms with van der Waals surface area (Å²) in [5.41, 5.74) is 2.67. The molecule has 0 bridgehead atoms. The minimum absolute atomic E-state index is 0.0204. The zero-order valence-electron chi connectivity index (χ0n) is 18.6. The molecule has 0 aliphatic carbocycles. The van der Waals surface area contributed by atoms with Crippen LogP contribution in [0.5, 0.6) is 0 Å². The maximum atomic E-state index is 12.6. The Hall–Kier alpha value is -3.88. The first-order valence-corrected chi connectivity index (χ1v) is 11.0. The van der Waals surface area contributed by atoms with Crippen LogP contribution in [-0.4, -0.2) is 44.2 Å². The molecule has 3 heterocycles. The van der Waals surface area contributed by atoms with Gasteiger partial charge >= 0.3 is 0 Å². The summed E-state index contributed by atoms with van der Waals surface area (Å²) in [6, 6.07) is 12.9. The predicted molar refractivity (Wildman–Crippen MR) is 122 cm³/mol. The van der Waals surface area contributed by atoms with Crippen LogP contribution in [0.4, 0.5) is 0 Å². The van der Waals surface area contributed by atoms with Crippen molar-refractivity contribution in [3.8, 4) is 11.4 Å². The van der Waals surface area contributed by atoms with E-state index >= 15 is 0 Å². The second-order valence-electron chi connectivity index (χ2n) is 8.16. The highest BCUT2D eigenvalue weighted by molar-refractivity contribution is 6.02. The maximum Gasteiger partial charge on any atom is 0.249 e. The lowest BCUT2D eigenvalue weighted by atomic mass is 10.0. The molecule has 1 unspecified atom stereocenters. The third kappa shape index (κ3) is 5.49. The van der Waals surface area contributed by atoms with Gasteiger partial charge < -0.3 is 9.84 Å². The van der Waals surface area contributed by atoms with Gasteiger partial charge in [0.2, 0.25) is 23.5 Å². The normalized spacial score (nSPS) is 14.3. The van der Waals surface area contributed by atoms with Gasteiger partial charge in [-0.3, -0.25) is 14.6 Å². The highest BCUT2D eigenvalue weighted by Crippen LogP contribution is 2.23. The Balaban J connectivity index is 1.33. The van der Waals surface area contributed by atoms with E-state index in [-0.39, 0.29) is 30.6 Å². The molecule has 1 N–H and O–H groups in total. The van der Waals surface area contributed by atoms with Crippen molar-refractivity contribution in [1.82, 2.24) is 25.5 Å². The van der Waals surface area contributed by atoms with Crippen molar-refractivity contribution in [3.05, 3.63) is 66.3 Å². The standard InChI is InChI=1S/C24H26N6O3/c1-16(2)22(24-27-23(29-33-24)18-10-13-25-14-11-18)26-20(31)8-9-21(32)30-15-12-19(28-30)17-6-4-3-5-7-17/h3-7,10-11,13-14,16,22H,8-9,12,15H2,1-2H3,(H,26,31). The molecule has 9 nitrogen and oxygen atoms in total. The van der Waals surface area contributed by atoms with E-state index in [9.17, 15) is 9.59 Å². The first-order valence-electron chi connectivity index (χ1n) is 11.0. The van der Waals surface area contributed by atoms with Crippen molar-refractivity contribution in [2.75, 3.05) is 6.54 Å². The summed E-state index contributed by atoms with van der Waals surface area (Å²) < 4.78 is 5.41. The largest absolute Gasteiger partial charge is 0.344 e. The van der Waals surface area contributed by atoms with Gasteiger partial charge in [-0.2, -0.15) is 10.1 Å². The molecule has 4 rings (SSSR count). The summed E-state index contributed by atoms with van der Waals surface area (Å²) in [4.78, 5) is 33.6. The van der Waals surface area contributed by atoms with Gasteiger partial charge in [0.15, 0.2) is 0 Å². The molecule has 9 heteroatoms. The molecule has 2 aromatic heterocycles. The van der Waals surface area contributed by atoms with Gasteiger partial charge in [-0.15, -0.1) is 0 Å². The second kappa shape index (κ2) is 10.2. The van der Waals surface area contributed by atoms with Crippen molar-refractivity contribution in [1.29, 1.82) is 0 Å². The molecular formula is C24H26N6O3. The van der Waals surface area contributed by atoms with Gasteiger partial charge in [0, 0.05) is 37.2 Å². The van der Waals surface area contributed by atoms with Crippen LogP contribution in [0.2, 0.25) is 0 Å². The molecule has 0 radical (unpaired) electrons. The number of carbonyl (C=O) groups is 2. The Bertz CT molecular complexity index is 1130. The number of benzene rings is 1. The van der Waals surface area contributed by atoms with Gasteiger partial charge in [-0.25, -0.2) is 5.01 Å². The molecule has 0 saturated carbocycles. The maximum absolute atomic E-state index is 12.6. The zero-order chi connectivity index (χ0) is 23.2. The van der Waals surface area contributed by atoms with E-state index in [2.05, 4.69) is 25.5 Å². The van der Waals surface area contributed by atoms with Crippen LogP contribution in [0.15, 0.2) is 64.5 Å². The van der Waals surface area contributed by atoms with E-state index in [1.807, 2.05) is 44.2 Å². The number of aromatic nitrogens is 3. The van der Waals surface area contributed by atoms with Crippen LogP contribution < -0.4 is 5.32 Å². The highest BCUT2D eigenvalue weighted by atomic mass is 16.5.